The van der Waals surface area contributed by atoms with E-state index >= 15 is 0 Å². The lowest BCUT2D eigenvalue weighted by Gasteiger charge is -2.28. The van der Waals surface area contributed by atoms with Crippen molar-refractivity contribution >= 4 is 49.2 Å². The fourth-order valence-corrected chi connectivity index (χ4v) is 4.76. The second-order valence-corrected chi connectivity index (χ2v) is 9.09. The van der Waals surface area contributed by atoms with Crippen LogP contribution in [0.15, 0.2) is 71.1 Å². The van der Waals surface area contributed by atoms with Crippen LogP contribution in [0.5, 0.6) is 5.75 Å². The summed E-state index contributed by atoms with van der Waals surface area (Å²) in [7, 11) is -2.19. The maximum Gasteiger partial charge on any atom is 0.247 e. The van der Waals surface area contributed by atoms with E-state index in [-0.39, 0.29) is 0 Å². The van der Waals surface area contributed by atoms with E-state index in [9.17, 15) is 13.2 Å². The highest BCUT2D eigenvalue weighted by Crippen LogP contribution is 2.30. The molecule has 4 rings (SSSR count). The summed E-state index contributed by atoms with van der Waals surface area (Å²) in [5.41, 5.74) is 2.30. The van der Waals surface area contributed by atoms with Gasteiger partial charge in [-0.3, -0.25) is 9.10 Å². The molecule has 1 unspecified atom stereocenters. The molecule has 8 heteroatoms. The van der Waals surface area contributed by atoms with Gasteiger partial charge in [0.15, 0.2) is 0 Å². The van der Waals surface area contributed by atoms with Gasteiger partial charge in [-0.05, 0) is 49.4 Å². The molecule has 0 saturated carbocycles. The maximum atomic E-state index is 12.9. The number of hydrogen-bond donors (Lipinski definition) is 1. The number of para-hydroxylation sites is 1. The van der Waals surface area contributed by atoms with E-state index in [2.05, 4.69) is 5.32 Å². The Morgan fingerprint density at radius 1 is 1.00 bits per heavy atom. The summed E-state index contributed by atoms with van der Waals surface area (Å²) < 4.78 is 37.0. The minimum absolute atomic E-state index is 0.374. The predicted octanol–water partition coefficient (Wildman–Crippen LogP) is 4.39. The number of furan rings is 1. The van der Waals surface area contributed by atoms with Crippen LogP contribution >= 0.6 is 0 Å². The first-order valence-corrected chi connectivity index (χ1v) is 11.5. The van der Waals surface area contributed by atoms with E-state index in [1.165, 1.54) is 7.11 Å². The summed E-state index contributed by atoms with van der Waals surface area (Å²) in [6.07, 6.45) is 1.07. The zero-order valence-electron chi connectivity index (χ0n) is 17.3. The van der Waals surface area contributed by atoms with Crippen molar-refractivity contribution in [1.82, 2.24) is 0 Å². The van der Waals surface area contributed by atoms with Crippen molar-refractivity contribution in [2.75, 3.05) is 23.0 Å². The average Bonchev–Trinajstić information content (AvgIpc) is 3.11. The van der Waals surface area contributed by atoms with Crippen LogP contribution in [0, 0.1) is 0 Å². The molecule has 4 aromatic rings. The van der Waals surface area contributed by atoms with Crippen LogP contribution in [0.1, 0.15) is 6.92 Å². The van der Waals surface area contributed by atoms with Gasteiger partial charge in [0.05, 0.1) is 19.1 Å². The first-order chi connectivity index (χ1) is 14.8. The Hall–Kier alpha value is -3.52. The Kier molecular flexibility index (Phi) is 5.32. The number of hydrogen-bond acceptors (Lipinski definition) is 5. The van der Waals surface area contributed by atoms with Crippen LogP contribution in [-0.4, -0.2) is 33.7 Å². The molecule has 3 aromatic carbocycles. The number of carbonyl (C=O) groups excluding carboxylic acids is 1. The zero-order valence-corrected chi connectivity index (χ0v) is 18.1. The summed E-state index contributed by atoms with van der Waals surface area (Å²) in [5, 5.41) is 4.73. The number of nitrogens with one attached hydrogen (secondary N) is 1. The lowest BCUT2D eigenvalue weighted by atomic mass is 10.1. The number of amides is 1. The number of ether oxygens (including phenoxy) is 1. The molecular weight excluding hydrogens is 416 g/mol. The standard InChI is InChI=1S/C23H22N2O5S/c1-15(25(31(3,27)28)17-9-11-18(29-2)12-10-17)23(26)24-16-8-13-20-19-6-4-5-7-21(19)30-22(20)14-16/h4-15H,1-3H3,(H,24,26). The summed E-state index contributed by atoms with van der Waals surface area (Å²) in [6.45, 7) is 1.54. The number of rotatable bonds is 6. The quantitative estimate of drug-likeness (QED) is 0.482. The zero-order chi connectivity index (χ0) is 22.2. The second-order valence-electron chi connectivity index (χ2n) is 7.23. The van der Waals surface area contributed by atoms with Crippen LogP contribution in [-0.2, 0) is 14.8 Å². The van der Waals surface area contributed by atoms with Crippen LogP contribution in [0.4, 0.5) is 11.4 Å². The smallest absolute Gasteiger partial charge is 0.247 e. The minimum Gasteiger partial charge on any atom is -0.497 e. The molecule has 0 fully saturated rings. The summed E-state index contributed by atoms with van der Waals surface area (Å²) in [6, 6.07) is 18.6. The molecule has 31 heavy (non-hydrogen) atoms. The molecule has 1 N–H and O–H groups in total. The van der Waals surface area contributed by atoms with Gasteiger partial charge in [0.1, 0.15) is 23.0 Å². The molecule has 1 heterocycles. The Balaban J connectivity index is 1.61. The summed E-state index contributed by atoms with van der Waals surface area (Å²) in [5.74, 6) is 0.130. The van der Waals surface area contributed by atoms with E-state index in [0.717, 1.165) is 26.9 Å². The molecule has 7 nitrogen and oxygen atoms in total. The molecule has 0 spiro atoms. The Bertz CT molecular complexity index is 1360. The van der Waals surface area contributed by atoms with E-state index in [0.29, 0.717) is 22.7 Å². The van der Waals surface area contributed by atoms with E-state index < -0.39 is 22.0 Å². The van der Waals surface area contributed by atoms with Crippen LogP contribution in [0.3, 0.4) is 0 Å². The van der Waals surface area contributed by atoms with Crippen molar-refractivity contribution in [1.29, 1.82) is 0 Å². The van der Waals surface area contributed by atoms with Gasteiger partial charge in [-0.15, -0.1) is 0 Å². The second kappa shape index (κ2) is 7.96. The number of anilines is 2. The van der Waals surface area contributed by atoms with Crippen molar-refractivity contribution < 1.29 is 22.4 Å². The molecule has 0 aliphatic carbocycles. The fourth-order valence-electron chi connectivity index (χ4n) is 3.59. The minimum atomic E-state index is -3.71. The van der Waals surface area contributed by atoms with Gasteiger partial charge in [-0.25, -0.2) is 8.42 Å². The highest BCUT2D eigenvalue weighted by atomic mass is 32.2. The van der Waals surface area contributed by atoms with Gasteiger partial charge in [0, 0.05) is 22.5 Å². The number of nitrogens with zero attached hydrogens (tertiary/aromatic N) is 1. The van der Waals surface area contributed by atoms with E-state index in [1.807, 2.05) is 30.3 Å². The first-order valence-electron chi connectivity index (χ1n) is 9.63. The van der Waals surface area contributed by atoms with Gasteiger partial charge in [-0.1, -0.05) is 18.2 Å². The topological polar surface area (TPSA) is 88.8 Å². The molecule has 1 atom stereocenters. The Labute approximate surface area is 180 Å². The largest absolute Gasteiger partial charge is 0.497 e. The molecule has 0 aliphatic rings. The first kappa shape index (κ1) is 20.7. The number of fused-ring (bicyclic) bond motifs is 3. The molecule has 0 radical (unpaired) electrons. The molecule has 0 saturated heterocycles. The monoisotopic (exact) mass is 438 g/mol. The van der Waals surface area contributed by atoms with Crippen molar-refractivity contribution in [3.63, 3.8) is 0 Å². The van der Waals surface area contributed by atoms with E-state index in [4.69, 9.17) is 9.15 Å². The van der Waals surface area contributed by atoms with Crippen molar-refractivity contribution in [2.45, 2.75) is 13.0 Å². The lowest BCUT2D eigenvalue weighted by Crippen LogP contribution is -2.45. The maximum absolute atomic E-state index is 12.9. The molecular formula is C23H22N2O5S. The Morgan fingerprint density at radius 3 is 2.35 bits per heavy atom. The van der Waals surface area contributed by atoms with E-state index in [1.54, 1.807) is 43.3 Å². The fraction of sp³-hybridized carbons (Fsp3) is 0.174. The number of benzene rings is 3. The summed E-state index contributed by atoms with van der Waals surface area (Å²) >= 11 is 0. The Morgan fingerprint density at radius 2 is 1.68 bits per heavy atom. The van der Waals surface area contributed by atoms with Crippen molar-refractivity contribution in [2.24, 2.45) is 0 Å². The van der Waals surface area contributed by atoms with Gasteiger partial charge < -0.3 is 14.5 Å². The van der Waals surface area contributed by atoms with Gasteiger partial charge in [0.2, 0.25) is 15.9 Å². The third kappa shape index (κ3) is 4.06. The molecule has 160 valence electrons. The SMILES string of the molecule is COc1ccc(N(C(C)C(=O)Nc2ccc3c(c2)oc2ccccc23)S(C)(=O)=O)cc1. The molecule has 1 amide bonds. The van der Waals surface area contributed by atoms with Gasteiger partial charge >= 0.3 is 0 Å². The normalized spacial score (nSPS) is 12.6. The third-order valence-corrected chi connectivity index (χ3v) is 6.30. The van der Waals surface area contributed by atoms with Crippen molar-refractivity contribution in [3.8, 4) is 5.75 Å². The predicted molar refractivity (Wildman–Crippen MR) is 122 cm³/mol. The molecule has 1 aromatic heterocycles. The van der Waals surface area contributed by atoms with Crippen molar-refractivity contribution in [3.05, 3.63) is 66.7 Å². The number of methoxy groups -OCH3 is 1. The highest BCUT2D eigenvalue weighted by molar-refractivity contribution is 7.92. The molecule has 0 aliphatic heterocycles. The third-order valence-electron chi connectivity index (χ3n) is 5.06. The van der Waals surface area contributed by atoms with Gasteiger partial charge in [0.25, 0.3) is 0 Å². The summed E-state index contributed by atoms with van der Waals surface area (Å²) in [4.78, 5) is 12.9. The highest BCUT2D eigenvalue weighted by Gasteiger charge is 2.29. The van der Waals surface area contributed by atoms with Crippen LogP contribution in [0.25, 0.3) is 21.9 Å². The van der Waals surface area contributed by atoms with Gasteiger partial charge in [-0.2, -0.15) is 0 Å². The van der Waals surface area contributed by atoms with Crippen LogP contribution < -0.4 is 14.4 Å². The average molecular weight is 439 g/mol. The lowest BCUT2D eigenvalue weighted by molar-refractivity contribution is -0.116. The van der Waals surface area contributed by atoms with Crippen LogP contribution in [0.2, 0.25) is 0 Å². The number of sulfonamides is 1. The number of carbonyl (C=O) groups is 1. The molecule has 0 bridgehead atoms.